The lowest BCUT2D eigenvalue weighted by molar-refractivity contribution is 0.0491. The SMILES string of the molecule is C=CCc1cccc(OCOC)c1O. The van der Waals surface area contributed by atoms with Crippen molar-refractivity contribution in [1.82, 2.24) is 0 Å². The summed E-state index contributed by atoms with van der Waals surface area (Å²) in [5.41, 5.74) is 0.800. The van der Waals surface area contributed by atoms with E-state index in [9.17, 15) is 5.11 Å². The Hall–Kier alpha value is -1.48. The Balaban J connectivity index is 2.83. The van der Waals surface area contributed by atoms with Crippen molar-refractivity contribution < 1.29 is 14.6 Å². The summed E-state index contributed by atoms with van der Waals surface area (Å²) in [6.45, 7) is 3.74. The predicted octanol–water partition coefficient (Wildman–Crippen LogP) is 2.10. The van der Waals surface area contributed by atoms with Crippen molar-refractivity contribution in [3.8, 4) is 11.5 Å². The zero-order chi connectivity index (χ0) is 10.4. The molecule has 0 aromatic heterocycles. The molecular weight excluding hydrogens is 180 g/mol. The second-order valence-electron chi connectivity index (χ2n) is 2.81. The Kier molecular flexibility index (Phi) is 4.01. The van der Waals surface area contributed by atoms with Crippen molar-refractivity contribution in [3.05, 3.63) is 36.4 Å². The third-order valence-electron chi connectivity index (χ3n) is 1.78. The summed E-state index contributed by atoms with van der Waals surface area (Å²) in [7, 11) is 1.53. The number of hydrogen-bond donors (Lipinski definition) is 1. The molecule has 0 saturated carbocycles. The van der Waals surface area contributed by atoms with Crippen LogP contribution >= 0.6 is 0 Å². The summed E-state index contributed by atoms with van der Waals surface area (Å²) >= 11 is 0. The maximum absolute atomic E-state index is 9.72. The average molecular weight is 194 g/mol. The number of hydrogen-bond acceptors (Lipinski definition) is 3. The van der Waals surface area contributed by atoms with E-state index in [0.29, 0.717) is 12.2 Å². The van der Waals surface area contributed by atoms with E-state index in [2.05, 4.69) is 6.58 Å². The summed E-state index contributed by atoms with van der Waals surface area (Å²) < 4.78 is 9.91. The molecule has 0 amide bonds. The molecule has 0 radical (unpaired) electrons. The van der Waals surface area contributed by atoms with E-state index in [-0.39, 0.29) is 12.5 Å². The molecule has 3 nitrogen and oxygen atoms in total. The molecule has 1 aromatic rings. The van der Waals surface area contributed by atoms with Crippen LogP contribution in [-0.4, -0.2) is 19.0 Å². The predicted molar refractivity (Wildman–Crippen MR) is 54.5 cm³/mol. The Bertz CT molecular complexity index is 307. The molecule has 0 spiro atoms. The van der Waals surface area contributed by atoms with Crippen LogP contribution in [0, 0.1) is 0 Å². The Morgan fingerprint density at radius 1 is 1.50 bits per heavy atom. The number of rotatable bonds is 5. The monoisotopic (exact) mass is 194 g/mol. The summed E-state index contributed by atoms with van der Waals surface area (Å²) in [5.74, 6) is 0.593. The topological polar surface area (TPSA) is 38.7 Å². The van der Waals surface area contributed by atoms with Gasteiger partial charge in [0.2, 0.25) is 0 Å². The van der Waals surface area contributed by atoms with Gasteiger partial charge in [0.25, 0.3) is 0 Å². The van der Waals surface area contributed by atoms with Crippen LogP contribution in [0.15, 0.2) is 30.9 Å². The van der Waals surface area contributed by atoms with E-state index in [1.54, 1.807) is 12.1 Å². The zero-order valence-electron chi connectivity index (χ0n) is 8.19. The second kappa shape index (κ2) is 5.29. The molecule has 3 heteroatoms. The first-order chi connectivity index (χ1) is 6.79. The maximum Gasteiger partial charge on any atom is 0.188 e. The number of phenols is 1. The second-order valence-corrected chi connectivity index (χ2v) is 2.81. The zero-order valence-corrected chi connectivity index (χ0v) is 8.19. The molecule has 1 N–H and O–H groups in total. The summed E-state index contributed by atoms with van der Waals surface area (Å²) in [4.78, 5) is 0. The van der Waals surface area contributed by atoms with Gasteiger partial charge in [0.15, 0.2) is 18.3 Å². The van der Waals surface area contributed by atoms with Gasteiger partial charge in [0.05, 0.1) is 0 Å². The largest absolute Gasteiger partial charge is 0.504 e. The van der Waals surface area contributed by atoms with Crippen LogP contribution < -0.4 is 4.74 Å². The van der Waals surface area contributed by atoms with E-state index in [4.69, 9.17) is 9.47 Å². The van der Waals surface area contributed by atoms with E-state index in [0.717, 1.165) is 5.56 Å². The lowest BCUT2D eigenvalue weighted by Gasteiger charge is -2.09. The number of para-hydroxylation sites is 1. The minimum absolute atomic E-state index is 0.130. The van der Waals surface area contributed by atoms with Gasteiger partial charge in [0, 0.05) is 12.7 Å². The highest BCUT2D eigenvalue weighted by atomic mass is 16.7. The molecule has 0 aliphatic rings. The number of allylic oxidation sites excluding steroid dienone is 1. The van der Waals surface area contributed by atoms with Crippen LogP contribution in [0.2, 0.25) is 0 Å². The standard InChI is InChI=1S/C11H14O3/c1-3-5-9-6-4-7-10(11(9)12)14-8-13-2/h3-4,6-7,12H,1,5,8H2,2H3. The van der Waals surface area contributed by atoms with Crippen molar-refractivity contribution >= 4 is 0 Å². The molecule has 1 aromatic carbocycles. The van der Waals surface area contributed by atoms with Crippen molar-refractivity contribution in [3.63, 3.8) is 0 Å². The van der Waals surface area contributed by atoms with Crippen LogP contribution in [0.1, 0.15) is 5.56 Å². The number of methoxy groups -OCH3 is 1. The maximum atomic E-state index is 9.72. The smallest absolute Gasteiger partial charge is 0.188 e. The van der Waals surface area contributed by atoms with Crippen LogP contribution in [0.5, 0.6) is 11.5 Å². The van der Waals surface area contributed by atoms with E-state index in [1.165, 1.54) is 7.11 Å². The number of aromatic hydroxyl groups is 1. The average Bonchev–Trinajstić information content (AvgIpc) is 2.20. The minimum Gasteiger partial charge on any atom is -0.504 e. The molecule has 76 valence electrons. The van der Waals surface area contributed by atoms with Gasteiger partial charge in [-0.3, -0.25) is 0 Å². The molecule has 0 aliphatic carbocycles. The van der Waals surface area contributed by atoms with Crippen LogP contribution in [-0.2, 0) is 11.2 Å². The third-order valence-corrected chi connectivity index (χ3v) is 1.78. The van der Waals surface area contributed by atoms with E-state index in [1.807, 2.05) is 12.1 Å². The fourth-order valence-electron chi connectivity index (χ4n) is 1.13. The fourth-order valence-corrected chi connectivity index (χ4v) is 1.13. The highest BCUT2D eigenvalue weighted by Gasteiger charge is 2.05. The highest BCUT2D eigenvalue weighted by molar-refractivity contribution is 5.45. The minimum atomic E-state index is 0.130. The van der Waals surface area contributed by atoms with Gasteiger partial charge in [-0.2, -0.15) is 0 Å². The summed E-state index contributed by atoms with van der Waals surface area (Å²) in [6.07, 6.45) is 2.35. The molecular formula is C11H14O3. The lowest BCUT2D eigenvalue weighted by atomic mass is 10.1. The Morgan fingerprint density at radius 2 is 2.29 bits per heavy atom. The molecule has 0 aliphatic heterocycles. The van der Waals surface area contributed by atoms with Crippen molar-refractivity contribution in [2.45, 2.75) is 6.42 Å². The fraction of sp³-hybridized carbons (Fsp3) is 0.273. The first-order valence-electron chi connectivity index (χ1n) is 4.33. The molecule has 14 heavy (non-hydrogen) atoms. The van der Waals surface area contributed by atoms with Gasteiger partial charge in [-0.1, -0.05) is 18.2 Å². The van der Waals surface area contributed by atoms with Gasteiger partial charge in [-0.15, -0.1) is 6.58 Å². The molecule has 0 saturated heterocycles. The number of ether oxygens (including phenoxy) is 2. The van der Waals surface area contributed by atoms with Gasteiger partial charge in [-0.05, 0) is 12.5 Å². The molecule has 0 heterocycles. The van der Waals surface area contributed by atoms with Gasteiger partial charge < -0.3 is 14.6 Å². The first kappa shape index (κ1) is 10.6. The van der Waals surface area contributed by atoms with Crippen molar-refractivity contribution in [1.29, 1.82) is 0 Å². The van der Waals surface area contributed by atoms with Crippen LogP contribution in [0.3, 0.4) is 0 Å². The molecule has 1 rings (SSSR count). The van der Waals surface area contributed by atoms with Gasteiger partial charge in [0.1, 0.15) is 0 Å². The molecule has 0 fully saturated rings. The van der Waals surface area contributed by atoms with Crippen molar-refractivity contribution in [2.24, 2.45) is 0 Å². The summed E-state index contributed by atoms with van der Waals surface area (Å²) in [5, 5.41) is 9.72. The van der Waals surface area contributed by atoms with Crippen molar-refractivity contribution in [2.75, 3.05) is 13.9 Å². The van der Waals surface area contributed by atoms with Gasteiger partial charge >= 0.3 is 0 Å². The van der Waals surface area contributed by atoms with Crippen LogP contribution in [0.25, 0.3) is 0 Å². The lowest BCUT2D eigenvalue weighted by Crippen LogP contribution is -1.99. The normalized spacial score (nSPS) is 9.79. The van der Waals surface area contributed by atoms with Crippen LogP contribution in [0.4, 0.5) is 0 Å². The molecule has 0 atom stereocenters. The van der Waals surface area contributed by atoms with E-state index >= 15 is 0 Å². The first-order valence-corrected chi connectivity index (χ1v) is 4.33. The number of benzene rings is 1. The Morgan fingerprint density at radius 3 is 2.93 bits per heavy atom. The summed E-state index contributed by atoms with van der Waals surface area (Å²) in [6, 6.07) is 5.35. The molecule has 0 bridgehead atoms. The quantitative estimate of drug-likeness (QED) is 0.576. The van der Waals surface area contributed by atoms with Gasteiger partial charge in [-0.25, -0.2) is 0 Å². The van der Waals surface area contributed by atoms with E-state index < -0.39 is 0 Å². The Labute approximate surface area is 83.6 Å². The highest BCUT2D eigenvalue weighted by Crippen LogP contribution is 2.30. The molecule has 0 unspecified atom stereocenters. The number of phenolic OH excluding ortho intramolecular Hbond substituents is 1. The third kappa shape index (κ3) is 2.50.